The molecule has 2 heterocycles. The van der Waals surface area contributed by atoms with Crippen molar-refractivity contribution in [3.8, 4) is 0 Å². The van der Waals surface area contributed by atoms with Gasteiger partial charge in [0, 0.05) is 38.6 Å². The zero-order chi connectivity index (χ0) is 13.7. The summed E-state index contributed by atoms with van der Waals surface area (Å²) in [6, 6.07) is 3.56. The van der Waals surface area contributed by atoms with Crippen LogP contribution in [-0.4, -0.2) is 42.5 Å². The van der Waals surface area contributed by atoms with E-state index in [2.05, 4.69) is 9.71 Å². The Bertz CT molecular complexity index is 484. The first-order valence-corrected chi connectivity index (χ1v) is 7.80. The highest BCUT2D eigenvalue weighted by atomic mass is 32.2. The predicted molar refractivity (Wildman–Crippen MR) is 71.4 cm³/mol. The van der Waals surface area contributed by atoms with Gasteiger partial charge in [0.1, 0.15) is 0 Å². The van der Waals surface area contributed by atoms with Crippen molar-refractivity contribution in [3.63, 3.8) is 0 Å². The Labute approximate surface area is 113 Å². The fourth-order valence-electron chi connectivity index (χ4n) is 2.10. The van der Waals surface area contributed by atoms with Crippen LogP contribution in [0.1, 0.15) is 18.4 Å². The lowest BCUT2D eigenvalue weighted by Crippen LogP contribution is -2.45. The maximum atomic E-state index is 12.1. The molecule has 0 amide bonds. The lowest BCUT2D eigenvalue weighted by Gasteiger charge is -2.30. The summed E-state index contributed by atoms with van der Waals surface area (Å²) in [5.74, 6) is 0.228. The second kappa shape index (κ2) is 6.42. The molecule has 1 saturated heterocycles. The van der Waals surface area contributed by atoms with Crippen LogP contribution >= 0.6 is 0 Å². The molecule has 0 unspecified atom stereocenters. The summed E-state index contributed by atoms with van der Waals surface area (Å²) in [5, 5.41) is 9.04. The zero-order valence-electron chi connectivity index (χ0n) is 10.7. The molecule has 1 aliphatic heterocycles. The van der Waals surface area contributed by atoms with Crippen molar-refractivity contribution in [2.24, 2.45) is 5.92 Å². The van der Waals surface area contributed by atoms with Gasteiger partial charge in [-0.2, -0.15) is 17.4 Å². The fourth-order valence-corrected chi connectivity index (χ4v) is 3.32. The average molecular weight is 285 g/mol. The Kier molecular flexibility index (Phi) is 4.87. The van der Waals surface area contributed by atoms with Crippen molar-refractivity contribution in [1.29, 1.82) is 0 Å². The highest BCUT2D eigenvalue weighted by Crippen LogP contribution is 2.18. The van der Waals surface area contributed by atoms with Gasteiger partial charge in [-0.1, -0.05) is 0 Å². The number of hydrogen-bond acceptors (Lipinski definition) is 4. The smallest absolute Gasteiger partial charge is 0.279 e. The van der Waals surface area contributed by atoms with E-state index in [0.717, 1.165) is 5.56 Å². The van der Waals surface area contributed by atoms with Gasteiger partial charge >= 0.3 is 0 Å². The third-order valence-corrected chi connectivity index (χ3v) is 4.93. The maximum Gasteiger partial charge on any atom is 0.279 e. The van der Waals surface area contributed by atoms with Crippen LogP contribution in [0.2, 0.25) is 0 Å². The zero-order valence-corrected chi connectivity index (χ0v) is 11.5. The van der Waals surface area contributed by atoms with Gasteiger partial charge in [-0.25, -0.2) is 0 Å². The summed E-state index contributed by atoms with van der Waals surface area (Å²) in [4.78, 5) is 3.89. The molecule has 0 spiro atoms. The van der Waals surface area contributed by atoms with Gasteiger partial charge in [0.15, 0.2) is 0 Å². The molecule has 106 valence electrons. The molecule has 0 saturated carbocycles. The van der Waals surface area contributed by atoms with Gasteiger partial charge in [-0.05, 0) is 36.5 Å². The minimum Gasteiger partial charge on any atom is -0.396 e. The molecule has 7 heteroatoms. The topological polar surface area (TPSA) is 82.5 Å². The normalized spacial score (nSPS) is 18.6. The van der Waals surface area contributed by atoms with Crippen molar-refractivity contribution in [2.75, 3.05) is 19.7 Å². The summed E-state index contributed by atoms with van der Waals surface area (Å²) in [6.45, 7) is 1.34. The Morgan fingerprint density at radius 1 is 1.32 bits per heavy atom. The van der Waals surface area contributed by atoms with E-state index in [1.165, 1.54) is 4.31 Å². The summed E-state index contributed by atoms with van der Waals surface area (Å²) < 4.78 is 28.2. The van der Waals surface area contributed by atoms with E-state index in [1.807, 2.05) is 0 Å². The van der Waals surface area contributed by atoms with E-state index >= 15 is 0 Å². The molecule has 1 fully saturated rings. The lowest BCUT2D eigenvalue weighted by atomic mass is 10.00. The summed E-state index contributed by atoms with van der Waals surface area (Å²) in [7, 11) is -3.43. The van der Waals surface area contributed by atoms with Crippen LogP contribution in [0.3, 0.4) is 0 Å². The summed E-state index contributed by atoms with van der Waals surface area (Å²) >= 11 is 0. The largest absolute Gasteiger partial charge is 0.396 e. The van der Waals surface area contributed by atoms with E-state index in [1.54, 1.807) is 24.5 Å². The molecule has 6 nitrogen and oxygen atoms in total. The fraction of sp³-hybridized carbons (Fsp3) is 0.583. The molecule has 1 aromatic rings. The predicted octanol–water partition coefficient (Wildman–Crippen LogP) is 0.120. The Morgan fingerprint density at radius 3 is 2.53 bits per heavy atom. The van der Waals surface area contributed by atoms with Crippen molar-refractivity contribution >= 4 is 10.2 Å². The van der Waals surface area contributed by atoms with Gasteiger partial charge in [-0.15, -0.1) is 0 Å². The number of aromatic nitrogens is 1. The molecule has 2 N–H and O–H groups in total. The first kappa shape index (κ1) is 14.4. The number of nitrogens with one attached hydrogen (secondary N) is 1. The molecule has 1 aromatic heterocycles. The van der Waals surface area contributed by atoms with Crippen LogP contribution in [-0.2, 0) is 16.8 Å². The van der Waals surface area contributed by atoms with Crippen molar-refractivity contribution in [2.45, 2.75) is 19.4 Å². The van der Waals surface area contributed by atoms with Gasteiger partial charge in [0.25, 0.3) is 10.2 Å². The minimum absolute atomic E-state index is 0.137. The number of hydrogen-bond donors (Lipinski definition) is 2. The molecule has 0 bridgehead atoms. The van der Waals surface area contributed by atoms with Crippen LogP contribution < -0.4 is 4.72 Å². The second-order valence-electron chi connectivity index (χ2n) is 4.71. The van der Waals surface area contributed by atoms with E-state index in [9.17, 15) is 8.42 Å². The molecule has 0 aromatic carbocycles. The van der Waals surface area contributed by atoms with E-state index in [0.29, 0.717) is 25.9 Å². The Hall–Kier alpha value is -1.02. The number of rotatable bonds is 5. The molecule has 1 aliphatic rings. The molecular weight excluding hydrogens is 266 g/mol. The summed E-state index contributed by atoms with van der Waals surface area (Å²) in [5.41, 5.74) is 0.879. The molecule has 0 aliphatic carbocycles. The highest BCUT2D eigenvalue weighted by Gasteiger charge is 2.27. The first-order valence-electron chi connectivity index (χ1n) is 6.36. The van der Waals surface area contributed by atoms with Crippen LogP contribution in [0.4, 0.5) is 0 Å². The van der Waals surface area contributed by atoms with Gasteiger partial charge in [0.2, 0.25) is 0 Å². The molecular formula is C12H19N3O3S. The molecule has 19 heavy (non-hydrogen) atoms. The van der Waals surface area contributed by atoms with Crippen molar-refractivity contribution < 1.29 is 13.5 Å². The third-order valence-electron chi connectivity index (χ3n) is 3.38. The maximum absolute atomic E-state index is 12.1. The van der Waals surface area contributed by atoms with Crippen LogP contribution in [0.15, 0.2) is 24.5 Å². The second-order valence-corrected chi connectivity index (χ2v) is 6.46. The standard InChI is InChI=1S/C12H19N3O3S/c16-10-12-3-7-15(8-4-12)19(17,18)14-9-11-1-5-13-6-2-11/h1-2,5-6,12,14,16H,3-4,7-10H2. The monoisotopic (exact) mass is 285 g/mol. The number of pyridine rings is 1. The molecule has 0 radical (unpaired) electrons. The van der Waals surface area contributed by atoms with E-state index in [-0.39, 0.29) is 19.1 Å². The summed E-state index contributed by atoms with van der Waals surface area (Å²) in [6.07, 6.45) is 4.70. The van der Waals surface area contributed by atoms with Crippen molar-refractivity contribution in [1.82, 2.24) is 14.0 Å². The van der Waals surface area contributed by atoms with Crippen LogP contribution in [0.5, 0.6) is 0 Å². The number of aliphatic hydroxyl groups excluding tert-OH is 1. The Balaban J connectivity index is 1.89. The molecule has 0 atom stereocenters. The van der Waals surface area contributed by atoms with Gasteiger partial charge in [-0.3, -0.25) is 4.98 Å². The van der Waals surface area contributed by atoms with Crippen molar-refractivity contribution in [3.05, 3.63) is 30.1 Å². The van der Waals surface area contributed by atoms with Gasteiger partial charge in [0.05, 0.1) is 0 Å². The van der Waals surface area contributed by atoms with Crippen LogP contribution in [0.25, 0.3) is 0 Å². The highest BCUT2D eigenvalue weighted by molar-refractivity contribution is 7.87. The quantitative estimate of drug-likeness (QED) is 0.805. The SMILES string of the molecule is O=S(=O)(NCc1ccncc1)N1CCC(CO)CC1. The Morgan fingerprint density at radius 2 is 1.95 bits per heavy atom. The molecule has 2 rings (SSSR count). The van der Waals surface area contributed by atoms with E-state index in [4.69, 9.17) is 5.11 Å². The van der Waals surface area contributed by atoms with Crippen LogP contribution in [0, 0.1) is 5.92 Å². The number of aliphatic hydroxyl groups is 1. The van der Waals surface area contributed by atoms with E-state index < -0.39 is 10.2 Å². The number of piperidine rings is 1. The number of nitrogens with zero attached hydrogens (tertiary/aromatic N) is 2. The lowest BCUT2D eigenvalue weighted by molar-refractivity contribution is 0.169. The third kappa shape index (κ3) is 3.97. The van der Waals surface area contributed by atoms with Gasteiger partial charge < -0.3 is 5.11 Å². The minimum atomic E-state index is -3.43. The first-order chi connectivity index (χ1) is 9.12. The average Bonchev–Trinajstić information content (AvgIpc) is 2.46.